The van der Waals surface area contributed by atoms with Crippen molar-refractivity contribution in [2.24, 2.45) is 0 Å². The lowest BCUT2D eigenvalue weighted by Gasteiger charge is -2.16. The van der Waals surface area contributed by atoms with Crippen LogP contribution in [0.15, 0.2) is 48.5 Å². The van der Waals surface area contributed by atoms with E-state index in [9.17, 15) is 0 Å². The number of hydrogen-bond donors (Lipinski definition) is 0. The summed E-state index contributed by atoms with van der Waals surface area (Å²) in [6.45, 7) is 2.61. The second-order valence-corrected chi connectivity index (χ2v) is 5.69. The first-order chi connectivity index (χ1) is 11.7. The van der Waals surface area contributed by atoms with Gasteiger partial charge < -0.3 is 9.30 Å². The number of aromatic nitrogens is 1. The molecule has 1 aromatic heterocycles. The number of ether oxygens (including phenoxy) is 1. The molecule has 0 amide bonds. The van der Waals surface area contributed by atoms with Crippen LogP contribution in [0.1, 0.15) is 22.7 Å². The number of benzene rings is 2. The van der Waals surface area contributed by atoms with Gasteiger partial charge in [-0.25, -0.2) is 0 Å². The van der Waals surface area contributed by atoms with Gasteiger partial charge in [0.25, 0.3) is 0 Å². The largest absolute Gasteiger partial charge is 0.497 e. The van der Waals surface area contributed by atoms with E-state index in [0.717, 1.165) is 22.5 Å². The number of aryl methyl sites for hydroxylation is 1. The number of nitrogens with zero attached hydrogens (tertiary/aromatic N) is 1. The van der Waals surface area contributed by atoms with Crippen LogP contribution >= 0.6 is 0 Å². The van der Waals surface area contributed by atoms with Crippen molar-refractivity contribution in [2.75, 3.05) is 7.11 Å². The molecule has 0 saturated heterocycles. The fraction of sp³-hybridized carbons (Fsp3) is 0.182. The third-order valence-electron chi connectivity index (χ3n) is 4.41. The topological polar surface area (TPSA) is 14.2 Å². The van der Waals surface area contributed by atoms with Crippen LogP contribution in [0.4, 0.5) is 0 Å². The van der Waals surface area contributed by atoms with Gasteiger partial charge in [-0.3, -0.25) is 0 Å². The van der Waals surface area contributed by atoms with Gasteiger partial charge in [0.15, 0.2) is 0 Å². The summed E-state index contributed by atoms with van der Waals surface area (Å²) in [5.41, 5.74) is 4.45. The summed E-state index contributed by atoms with van der Waals surface area (Å²) in [7, 11) is 1.66. The number of hydrogen-bond acceptors (Lipinski definition) is 1. The van der Waals surface area contributed by atoms with Gasteiger partial charge in [-0.05, 0) is 36.2 Å². The van der Waals surface area contributed by atoms with Crippen molar-refractivity contribution >= 4 is 10.9 Å². The van der Waals surface area contributed by atoms with E-state index in [-0.39, 0.29) is 5.92 Å². The number of rotatable bonds is 4. The smallest absolute Gasteiger partial charge is 0.118 e. The molecule has 0 aliphatic carbocycles. The van der Waals surface area contributed by atoms with E-state index in [0.29, 0.717) is 6.54 Å². The average molecular weight is 313 g/mol. The monoisotopic (exact) mass is 313 g/mol. The van der Waals surface area contributed by atoms with Crippen LogP contribution in [0.3, 0.4) is 0 Å². The van der Waals surface area contributed by atoms with Crippen molar-refractivity contribution in [1.82, 2.24) is 4.57 Å². The molecule has 3 rings (SSSR count). The van der Waals surface area contributed by atoms with Crippen LogP contribution in [0, 0.1) is 31.6 Å². The molecule has 2 heteroatoms. The second-order valence-electron chi connectivity index (χ2n) is 5.69. The summed E-state index contributed by atoms with van der Waals surface area (Å²) in [6.07, 6.45) is 11.5. The molecule has 0 bridgehead atoms. The van der Waals surface area contributed by atoms with Crippen LogP contribution in [-0.4, -0.2) is 11.7 Å². The van der Waals surface area contributed by atoms with E-state index in [4.69, 9.17) is 17.6 Å². The molecule has 1 heterocycles. The Morgan fingerprint density at radius 2 is 1.79 bits per heavy atom. The lowest BCUT2D eigenvalue weighted by Crippen LogP contribution is -2.09. The Labute approximate surface area is 143 Å². The van der Waals surface area contributed by atoms with Crippen molar-refractivity contribution in [3.8, 4) is 30.4 Å². The van der Waals surface area contributed by atoms with Crippen molar-refractivity contribution in [3.05, 3.63) is 65.4 Å². The highest BCUT2D eigenvalue weighted by atomic mass is 16.5. The van der Waals surface area contributed by atoms with Gasteiger partial charge in [0.1, 0.15) is 5.75 Å². The van der Waals surface area contributed by atoms with E-state index < -0.39 is 0 Å². The zero-order valence-electron chi connectivity index (χ0n) is 13.9. The Morgan fingerprint density at radius 1 is 1.08 bits per heavy atom. The molecule has 0 radical (unpaired) electrons. The zero-order chi connectivity index (χ0) is 17.1. The van der Waals surface area contributed by atoms with Crippen molar-refractivity contribution in [1.29, 1.82) is 0 Å². The zero-order valence-corrected chi connectivity index (χ0v) is 13.9. The van der Waals surface area contributed by atoms with Gasteiger partial charge in [0.2, 0.25) is 0 Å². The fourth-order valence-electron chi connectivity index (χ4n) is 3.26. The maximum absolute atomic E-state index is 5.92. The second kappa shape index (κ2) is 6.57. The summed E-state index contributed by atoms with van der Waals surface area (Å²) < 4.78 is 7.39. The number of methoxy groups -OCH3 is 1. The van der Waals surface area contributed by atoms with E-state index in [2.05, 4.69) is 35.5 Å². The summed E-state index contributed by atoms with van der Waals surface area (Å²) >= 11 is 0. The van der Waals surface area contributed by atoms with Crippen LogP contribution in [0.2, 0.25) is 0 Å². The van der Waals surface area contributed by atoms with Gasteiger partial charge in [0.05, 0.1) is 19.6 Å². The Morgan fingerprint density at radius 3 is 2.42 bits per heavy atom. The molecular weight excluding hydrogens is 294 g/mol. The molecule has 2 nitrogen and oxygen atoms in total. The van der Waals surface area contributed by atoms with Crippen molar-refractivity contribution in [2.45, 2.75) is 19.4 Å². The third-order valence-corrected chi connectivity index (χ3v) is 4.41. The molecule has 0 N–H and O–H groups in total. The number of fused-ring (bicyclic) bond motifs is 1. The minimum Gasteiger partial charge on any atom is -0.497 e. The highest BCUT2D eigenvalue weighted by molar-refractivity contribution is 5.86. The van der Waals surface area contributed by atoms with E-state index in [1.165, 1.54) is 10.9 Å². The number of para-hydroxylation sites is 1. The molecule has 24 heavy (non-hydrogen) atoms. The minimum absolute atomic E-state index is 0.156. The number of terminal acetylenes is 2. The lowest BCUT2D eigenvalue weighted by atomic mass is 9.93. The van der Waals surface area contributed by atoms with Gasteiger partial charge >= 0.3 is 0 Å². The predicted octanol–water partition coefficient (Wildman–Crippen LogP) is 4.36. The van der Waals surface area contributed by atoms with Crippen molar-refractivity contribution < 1.29 is 4.74 Å². The Balaban J connectivity index is 2.22. The molecule has 0 spiro atoms. The Hall–Kier alpha value is -3.10. The Bertz CT molecular complexity index is 949. The SMILES string of the molecule is C#CCn1c(C(C#C)c2ccc(OC)cc2)c(C)c2ccccc21. The molecule has 0 aliphatic heterocycles. The molecule has 0 saturated carbocycles. The first-order valence-corrected chi connectivity index (χ1v) is 7.82. The highest BCUT2D eigenvalue weighted by Crippen LogP contribution is 2.34. The van der Waals surface area contributed by atoms with Gasteiger partial charge in [-0.1, -0.05) is 42.2 Å². The van der Waals surface area contributed by atoms with Gasteiger partial charge in [-0.15, -0.1) is 12.8 Å². The quantitative estimate of drug-likeness (QED) is 0.653. The maximum atomic E-state index is 5.92. The molecule has 3 aromatic rings. The molecule has 0 aliphatic rings. The molecule has 2 aromatic carbocycles. The molecular formula is C22H19NO. The highest BCUT2D eigenvalue weighted by Gasteiger charge is 2.21. The van der Waals surface area contributed by atoms with E-state index >= 15 is 0 Å². The van der Waals surface area contributed by atoms with E-state index in [1.54, 1.807) is 7.11 Å². The first-order valence-electron chi connectivity index (χ1n) is 7.82. The van der Waals surface area contributed by atoms with Crippen LogP contribution < -0.4 is 4.74 Å². The maximum Gasteiger partial charge on any atom is 0.118 e. The predicted molar refractivity (Wildman–Crippen MR) is 99.2 cm³/mol. The summed E-state index contributed by atoms with van der Waals surface area (Å²) in [4.78, 5) is 0. The van der Waals surface area contributed by atoms with Crippen LogP contribution in [-0.2, 0) is 6.54 Å². The summed E-state index contributed by atoms with van der Waals surface area (Å²) in [5, 5.41) is 1.19. The molecule has 1 unspecified atom stereocenters. The molecule has 0 fully saturated rings. The average Bonchev–Trinajstić information content (AvgIpc) is 2.90. The van der Waals surface area contributed by atoms with Gasteiger partial charge in [-0.2, -0.15) is 0 Å². The third kappa shape index (κ3) is 2.53. The van der Waals surface area contributed by atoms with Gasteiger partial charge in [0, 0.05) is 16.6 Å². The van der Waals surface area contributed by atoms with Crippen LogP contribution in [0.5, 0.6) is 5.75 Å². The molecule has 118 valence electrons. The summed E-state index contributed by atoms with van der Waals surface area (Å²) in [5.74, 6) is 6.35. The first kappa shape index (κ1) is 15.8. The van der Waals surface area contributed by atoms with Crippen LogP contribution in [0.25, 0.3) is 10.9 Å². The standard InChI is InChI=1S/C22H19NO/c1-5-15-23-21-10-8-7-9-20(21)16(3)22(23)19(6-2)17-11-13-18(24-4)14-12-17/h1-2,7-14,19H,15H2,3-4H3. The van der Waals surface area contributed by atoms with Crippen molar-refractivity contribution in [3.63, 3.8) is 0 Å². The van der Waals surface area contributed by atoms with E-state index in [1.807, 2.05) is 36.4 Å². The lowest BCUT2D eigenvalue weighted by molar-refractivity contribution is 0.414. The fourth-order valence-corrected chi connectivity index (χ4v) is 3.26. The molecule has 1 atom stereocenters. The Kier molecular flexibility index (Phi) is 4.32. The summed E-state index contributed by atoms with van der Waals surface area (Å²) in [6, 6.07) is 16.2. The normalized spacial score (nSPS) is 11.7. The minimum atomic E-state index is -0.156.